The molecule has 124 valence electrons. The van der Waals surface area contributed by atoms with Crippen molar-refractivity contribution in [3.8, 4) is 0 Å². The van der Waals surface area contributed by atoms with E-state index in [1.165, 1.54) is 0 Å². The van der Waals surface area contributed by atoms with Crippen LogP contribution < -0.4 is 10.7 Å². The fraction of sp³-hybridized carbons (Fsp3) is 0.400. The Hall–Kier alpha value is -2.22. The Morgan fingerprint density at radius 2 is 1.96 bits per heavy atom. The number of sulfone groups is 1. The van der Waals surface area contributed by atoms with E-state index >= 15 is 0 Å². The lowest BCUT2D eigenvalue weighted by Crippen LogP contribution is -2.37. The van der Waals surface area contributed by atoms with Crippen LogP contribution in [-0.2, 0) is 25.8 Å². The van der Waals surface area contributed by atoms with Gasteiger partial charge >= 0.3 is 0 Å². The number of hydrogen-bond donors (Lipinski definition) is 2. The standard InChI is InChI=1S/C15H19N3O4S/c1-2-23(21,22)12-5-3-11(4-6-12)9-10-16-15(20)13-7-8-14(19)18-17-13/h3-6H,2,7-10H2,1H3,(H,16,20)(H,18,19). The van der Waals surface area contributed by atoms with Gasteiger partial charge in [-0.05, 0) is 24.1 Å². The maximum Gasteiger partial charge on any atom is 0.267 e. The molecule has 7 nitrogen and oxygen atoms in total. The summed E-state index contributed by atoms with van der Waals surface area (Å²) in [7, 11) is -3.19. The average Bonchev–Trinajstić information content (AvgIpc) is 2.56. The highest BCUT2D eigenvalue weighted by molar-refractivity contribution is 7.91. The Morgan fingerprint density at radius 1 is 1.26 bits per heavy atom. The number of rotatable bonds is 6. The molecular formula is C15H19N3O4S. The van der Waals surface area contributed by atoms with E-state index in [0.29, 0.717) is 30.0 Å². The van der Waals surface area contributed by atoms with Crippen LogP contribution in [0.2, 0.25) is 0 Å². The van der Waals surface area contributed by atoms with Crippen molar-refractivity contribution in [3.05, 3.63) is 29.8 Å². The molecule has 1 aromatic carbocycles. The van der Waals surface area contributed by atoms with Crippen LogP contribution in [0.1, 0.15) is 25.3 Å². The van der Waals surface area contributed by atoms with Crippen LogP contribution >= 0.6 is 0 Å². The molecule has 1 aromatic rings. The second kappa shape index (κ2) is 7.36. The molecule has 8 heteroatoms. The Kier molecular flexibility index (Phi) is 5.49. The van der Waals surface area contributed by atoms with Gasteiger partial charge in [-0.3, -0.25) is 9.59 Å². The van der Waals surface area contributed by atoms with Crippen molar-refractivity contribution in [2.75, 3.05) is 12.3 Å². The largest absolute Gasteiger partial charge is 0.351 e. The summed E-state index contributed by atoms with van der Waals surface area (Å²) in [6, 6.07) is 6.65. The van der Waals surface area contributed by atoms with E-state index < -0.39 is 9.84 Å². The van der Waals surface area contributed by atoms with Crippen molar-refractivity contribution < 1.29 is 18.0 Å². The normalized spacial score (nSPS) is 14.8. The Labute approximate surface area is 135 Å². The summed E-state index contributed by atoms with van der Waals surface area (Å²) in [6.45, 7) is 2.01. The zero-order valence-electron chi connectivity index (χ0n) is 12.8. The molecule has 2 amide bonds. The number of carbonyl (C=O) groups is 2. The van der Waals surface area contributed by atoms with E-state index in [4.69, 9.17) is 0 Å². The number of nitrogens with one attached hydrogen (secondary N) is 2. The summed E-state index contributed by atoms with van der Waals surface area (Å²) >= 11 is 0. The summed E-state index contributed by atoms with van der Waals surface area (Å²) in [5.41, 5.74) is 3.52. The molecular weight excluding hydrogens is 318 g/mol. The molecule has 0 radical (unpaired) electrons. The van der Waals surface area contributed by atoms with Crippen LogP contribution in [0.15, 0.2) is 34.3 Å². The van der Waals surface area contributed by atoms with Crippen LogP contribution in [-0.4, -0.2) is 38.2 Å². The third-order valence-electron chi connectivity index (χ3n) is 3.53. The number of carbonyl (C=O) groups excluding carboxylic acids is 2. The number of amides is 2. The summed E-state index contributed by atoms with van der Waals surface area (Å²) in [5.74, 6) is -0.417. The van der Waals surface area contributed by atoms with Gasteiger partial charge in [0.1, 0.15) is 5.71 Å². The molecule has 0 fully saturated rings. The molecule has 0 aromatic heterocycles. The van der Waals surface area contributed by atoms with Gasteiger partial charge in [0, 0.05) is 19.4 Å². The topological polar surface area (TPSA) is 105 Å². The van der Waals surface area contributed by atoms with Crippen molar-refractivity contribution in [1.29, 1.82) is 0 Å². The van der Waals surface area contributed by atoms with Gasteiger partial charge in [0.05, 0.1) is 10.6 Å². The highest BCUT2D eigenvalue weighted by Gasteiger charge is 2.17. The van der Waals surface area contributed by atoms with Gasteiger partial charge in [0.2, 0.25) is 5.91 Å². The van der Waals surface area contributed by atoms with Crippen molar-refractivity contribution in [1.82, 2.24) is 10.7 Å². The summed E-state index contributed by atoms with van der Waals surface area (Å²) < 4.78 is 23.4. The highest BCUT2D eigenvalue weighted by atomic mass is 32.2. The molecule has 2 N–H and O–H groups in total. The second-order valence-corrected chi connectivity index (χ2v) is 7.43. The third-order valence-corrected chi connectivity index (χ3v) is 5.28. The highest BCUT2D eigenvalue weighted by Crippen LogP contribution is 2.12. The van der Waals surface area contributed by atoms with Crippen molar-refractivity contribution in [3.63, 3.8) is 0 Å². The summed E-state index contributed by atoms with van der Waals surface area (Å²) in [5, 5.41) is 6.45. The molecule has 0 unspecified atom stereocenters. The lowest BCUT2D eigenvalue weighted by atomic mass is 10.1. The minimum Gasteiger partial charge on any atom is -0.351 e. The first kappa shape index (κ1) is 17.1. The SMILES string of the molecule is CCS(=O)(=O)c1ccc(CCNC(=O)C2=NNC(=O)CC2)cc1. The molecule has 0 saturated carbocycles. The zero-order chi connectivity index (χ0) is 16.9. The molecule has 0 bridgehead atoms. The maximum atomic E-state index is 11.8. The van der Waals surface area contributed by atoms with Crippen molar-refractivity contribution in [2.45, 2.75) is 31.1 Å². The number of nitrogens with zero attached hydrogens (tertiary/aromatic N) is 1. The van der Waals surface area contributed by atoms with E-state index in [1.54, 1.807) is 31.2 Å². The first-order chi connectivity index (χ1) is 10.9. The molecule has 1 aliphatic rings. The minimum atomic E-state index is -3.19. The predicted molar refractivity (Wildman–Crippen MR) is 85.7 cm³/mol. The molecule has 2 rings (SSSR count). The third kappa shape index (κ3) is 4.62. The molecule has 0 aliphatic carbocycles. The summed E-state index contributed by atoms with van der Waals surface area (Å²) in [4.78, 5) is 23.1. The van der Waals surface area contributed by atoms with Crippen LogP contribution in [0.3, 0.4) is 0 Å². The van der Waals surface area contributed by atoms with E-state index in [-0.39, 0.29) is 24.0 Å². The van der Waals surface area contributed by atoms with E-state index in [1.807, 2.05) is 0 Å². The number of benzene rings is 1. The first-order valence-corrected chi connectivity index (χ1v) is 9.03. The maximum absolute atomic E-state index is 11.8. The monoisotopic (exact) mass is 337 g/mol. The lowest BCUT2D eigenvalue weighted by Gasteiger charge is -2.12. The molecule has 23 heavy (non-hydrogen) atoms. The average molecular weight is 337 g/mol. The van der Waals surface area contributed by atoms with Crippen LogP contribution in [0.25, 0.3) is 0 Å². The van der Waals surface area contributed by atoms with Crippen LogP contribution in [0.5, 0.6) is 0 Å². The number of hydrazone groups is 1. The first-order valence-electron chi connectivity index (χ1n) is 7.37. The fourth-order valence-electron chi connectivity index (χ4n) is 2.09. The smallest absolute Gasteiger partial charge is 0.267 e. The van der Waals surface area contributed by atoms with E-state index in [9.17, 15) is 18.0 Å². The van der Waals surface area contributed by atoms with Gasteiger partial charge in [0.25, 0.3) is 5.91 Å². The molecule has 0 spiro atoms. The fourth-order valence-corrected chi connectivity index (χ4v) is 2.97. The van der Waals surface area contributed by atoms with Gasteiger partial charge in [-0.15, -0.1) is 0 Å². The number of hydrogen-bond acceptors (Lipinski definition) is 5. The predicted octanol–water partition coefficient (Wildman–Crippen LogP) is 0.405. The lowest BCUT2D eigenvalue weighted by molar-refractivity contribution is -0.121. The van der Waals surface area contributed by atoms with Crippen molar-refractivity contribution >= 4 is 27.4 Å². The molecule has 1 aliphatic heterocycles. The minimum absolute atomic E-state index is 0.0705. The quantitative estimate of drug-likeness (QED) is 0.784. The molecule has 1 heterocycles. The van der Waals surface area contributed by atoms with Gasteiger partial charge in [-0.25, -0.2) is 13.8 Å². The Morgan fingerprint density at radius 3 is 2.52 bits per heavy atom. The van der Waals surface area contributed by atoms with Crippen LogP contribution in [0, 0.1) is 0 Å². The molecule has 0 atom stereocenters. The van der Waals surface area contributed by atoms with E-state index in [2.05, 4.69) is 15.8 Å². The Bertz CT molecular complexity index is 724. The van der Waals surface area contributed by atoms with Gasteiger partial charge in [-0.1, -0.05) is 19.1 Å². The van der Waals surface area contributed by atoms with Gasteiger partial charge in [-0.2, -0.15) is 5.10 Å². The van der Waals surface area contributed by atoms with Crippen molar-refractivity contribution in [2.24, 2.45) is 5.10 Å². The van der Waals surface area contributed by atoms with Gasteiger partial charge in [0.15, 0.2) is 9.84 Å². The Balaban J connectivity index is 1.85. The summed E-state index contributed by atoms with van der Waals surface area (Å²) in [6.07, 6.45) is 1.18. The zero-order valence-corrected chi connectivity index (χ0v) is 13.6. The van der Waals surface area contributed by atoms with Gasteiger partial charge < -0.3 is 5.32 Å². The van der Waals surface area contributed by atoms with E-state index in [0.717, 1.165) is 5.56 Å². The molecule has 0 saturated heterocycles. The second-order valence-electron chi connectivity index (χ2n) is 5.15. The van der Waals surface area contributed by atoms with Crippen LogP contribution in [0.4, 0.5) is 0 Å².